The SMILES string of the molecule is COc1cc(C=C2CCCN3C2=NOC3(C)c2cc(F)c(C)c(F)c2)ccc1-n1cnc(C)c1. The molecule has 1 unspecified atom stereocenters. The molecule has 0 N–H and O–H groups in total. The third-order valence-corrected chi connectivity index (χ3v) is 6.55. The molecular weight excluding hydrogens is 438 g/mol. The number of oxime groups is 1. The number of piperidine rings is 1. The number of halogens is 2. The van der Waals surface area contributed by atoms with Crippen molar-refractivity contribution in [3.63, 3.8) is 0 Å². The Bertz CT molecular complexity index is 1310. The Morgan fingerprint density at radius 3 is 2.59 bits per heavy atom. The van der Waals surface area contributed by atoms with Crippen LogP contribution in [0.5, 0.6) is 5.75 Å². The molecule has 34 heavy (non-hydrogen) atoms. The summed E-state index contributed by atoms with van der Waals surface area (Å²) in [4.78, 5) is 12.1. The minimum atomic E-state index is -1.08. The summed E-state index contributed by atoms with van der Waals surface area (Å²) in [6, 6.07) is 8.63. The van der Waals surface area contributed by atoms with E-state index in [0.717, 1.165) is 41.1 Å². The highest BCUT2D eigenvalue weighted by atomic mass is 19.1. The lowest BCUT2D eigenvalue weighted by Crippen LogP contribution is -2.47. The van der Waals surface area contributed by atoms with Crippen molar-refractivity contribution in [2.24, 2.45) is 5.16 Å². The van der Waals surface area contributed by atoms with Crippen molar-refractivity contribution in [2.75, 3.05) is 13.7 Å². The molecule has 0 saturated carbocycles. The number of hydrogen-bond acceptors (Lipinski definition) is 5. The molecule has 0 amide bonds. The van der Waals surface area contributed by atoms with E-state index >= 15 is 0 Å². The molecule has 3 heterocycles. The van der Waals surface area contributed by atoms with Crippen molar-refractivity contribution in [1.29, 1.82) is 0 Å². The number of fused-ring (bicyclic) bond motifs is 1. The van der Waals surface area contributed by atoms with Crippen LogP contribution in [0.2, 0.25) is 0 Å². The summed E-state index contributed by atoms with van der Waals surface area (Å²) in [5.41, 5.74) is 3.09. The highest BCUT2D eigenvalue weighted by molar-refractivity contribution is 6.03. The van der Waals surface area contributed by atoms with Crippen molar-refractivity contribution < 1.29 is 18.4 Å². The van der Waals surface area contributed by atoms with Gasteiger partial charge >= 0.3 is 0 Å². The molecule has 0 spiro atoms. The maximum Gasteiger partial charge on any atom is 0.234 e. The summed E-state index contributed by atoms with van der Waals surface area (Å²) < 4.78 is 36.2. The monoisotopic (exact) mass is 464 g/mol. The molecule has 0 bridgehead atoms. The Morgan fingerprint density at radius 1 is 1.15 bits per heavy atom. The first-order valence-corrected chi connectivity index (χ1v) is 11.2. The number of amidine groups is 1. The molecule has 2 aromatic carbocycles. The van der Waals surface area contributed by atoms with Crippen LogP contribution in [0.25, 0.3) is 11.8 Å². The van der Waals surface area contributed by atoms with E-state index in [1.54, 1.807) is 20.4 Å². The number of aromatic nitrogens is 2. The smallest absolute Gasteiger partial charge is 0.234 e. The Morgan fingerprint density at radius 2 is 1.91 bits per heavy atom. The molecular formula is C26H26F2N4O2. The predicted octanol–water partition coefficient (Wildman–Crippen LogP) is 5.47. The van der Waals surface area contributed by atoms with Gasteiger partial charge in [0.15, 0.2) is 5.84 Å². The topological polar surface area (TPSA) is 51.9 Å². The molecule has 0 radical (unpaired) electrons. The first kappa shape index (κ1) is 22.1. The fraction of sp³-hybridized carbons (Fsp3) is 0.308. The summed E-state index contributed by atoms with van der Waals surface area (Å²) in [6.45, 7) is 5.82. The van der Waals surface area contributed by atoms with Gasteiger partial charge in [0.1, 0.15) is 17.4 Å². The third-order valence-electron chi connectivity index (χ3n) is 6.55. The fourth-order valence-corrected chi connectivity index (χ4v) is 4.53. The van der Waals surface area contributed by atoms with Gasteiger partial charge in [-0.15, -0.1) is 0 Å². The molecule has 1 fully saturated rings. The van der Waals surface area contributed by atoms with E-state index in [2.05, 4.69) is 16.2 Å². The average Bonchev–Trinajstić information content (AvgIpc) is 3.41. The molecule has 5 rings (SSSR count). The molecule has 8 heteroatoms. The van der Waals surface area contributed by atoms with Gasteiger partial charge in [0.25, 0.3) is 0 Å². The van der Waals surface area contributed by atoms with Crippen LogP contribution in [0.3, 0.4) is 0 Å². The first-order valence-electron chi connectivity index (χ1n) is 11.2. The highest BCUT2D eigenvalue weighted by Gasteiger charge is 2.46. The van der Waals surface area contributed by atoms with Gasteiger partial charge in [-0.25, -0.2) is 13.8 Å². The van der Waals surface area contributed by atoms with Gasteiger partial charge < -0.3 is 19.0 Å². The second kappa shape index (κ2) is 8.27. The molecule has 1 saturated heterocycles. The lowest BCUT2D eigenvalue weighted by atomic mass is 9.94. The lowest BCUT2D eigenvalue weighted by molar-refractivity contribution is -0.0916. The molecule has 6 nitrogen and oxygen atoms in total. The minimum Gasteiger partial charge on any atom is -0.495 e. The minimum absolute atomic E-state index is 0.00559. The van der Waals surface area contributed by atoms with Crippen molar-refractivity contribution >= 4 is 11.9 Å². The number of benzene rings is 2. The van der Waals surface area contributed by atoms with E-state index in [0.29, 0.717) is 17.9 Å². The van der Waals surface area contributed by atoms with E-state index < -0.39 is 17.4 Å². The standard InChI is InChI=1S/C26H26F2N4O2/c1-16-14-31(15-29-16)23-8-7-18(11-24(23)33-4)10-19-6-5-9-32-25(19)30-34-26(32,3)20-12-21(27)17(2)22(28)13-20/h7-8,10-15H,5-6,9H2,1-4H3. The van der Waals surface area contributed by atoms with E-state index in [-0.39, 0.29) is 5.56 Å². The van der Waals surface area contributed by atoms with Crippen LogP contribution in [-0.4, -0.2) is 33.9 Å². The van der Waals surface area contributed by atoms with E-state index in [9.17, 15) is 8.78 Å². The summed E-state index contributed by atoms with van der Waals surface area (Å²) in [7, 11) is 1.64. The number of nitrogens with zero attached hydrogens (tertiary/aromatic N) is 4. The van der Waals surface area contributed by atoms with E-state index in [4.69, 9.17) is 9.57 Å². The summed E-state index contributed by atoms with van der Waals surface area (Å²) in [5, 5.41) is 4.34. The molecule has 176 valence electrons. The second-order valence-corrected chi connectivity index (χ2v) is 8.83. The van der Waals surface area contributed by atoms with Gasteiger partial charge in [0, 0.05) is 30.8 Å². The van der Waals surface area contributed by atoms with Crippen molar-refractivity contribution in [1.82, 2.24) is 14.5 Å². The van der Waals surface area contributed by atoms with Gasteiger partial charge in [-0.1, -0.05) is 11.2 Å². The van der Waals surface area contributed by atoms with Crippen LogP contribution in [0.15, 0.2) is 53.6 Å². The lowest BCUT2D eigenvalue weighted by Gasteiger charge is -2.37. The zero-order chi connectivity index (χ0) is 24.0. The number of imidazole rings is 1. The summed E-state index contributed by atoms with van der Waals surface area (Å²) >= 11 is 0. The molecule has 3 aromatic rings. The number of rotatable bonds is 4. The first-order chi connectivity index (χ1) is 16.3. The molecule has 1 atom stereocenters. The Kier molecular flexibility index (Phi) is 5.38. The number of hydrogen-bond donors (Lipinski definition) is 0. The number of aryl methyl sites for hydroxylation is 1. The molecule has 2 aliphatic heterocycles. The zero-order valence-electron chi connectivity index (χ0n) is 19.6. The van der Waals surface area contributed by atoms with Gasteiger partial charge in [0.2, 0.25) is 5.72 Å². The van der Waals surface area contributed by atoms with E-state index in [1.165, 1.54) is 19.1 Å². The number of ether oxygens (including phenoxy) is 1. The van der Waals surface area contributed by atoms with Crippen molar-refractivity contribution in [2.45, 2.75) is 39.3 Å². The highest BCUT2D eigenvalue weighted by Crippen LogP contribution is 2.41. The quantitative estimate of drug-likeness (QED) is 0.514. The van der Waals surface area contributed by atoms with Gasteiger partial charge in [-0.3, -0.25) is 0 Å². The van der Waals surface area contributed by atoms with Gasteiger partial charge in [-0.05, 0) is 68.2 Å². The van der Waals surface area contributed by atoms with Crippen molar-refractivity contribution in [3.8, 4) is 11.4 Å². The maximum absolute atomic E-state index is 14.3. The van der Waals surface area contributed by atoms with Crippen LogP contribution in [0.4, 0.5) is 8.78 Å². The Balaban J connectivity index is 1.47. The Labute approximate surface area is 197 Å². The van der Waals surface area contributed by atoms with E-state index in [1.807, 2.05) is 40.8 Å². The van der Waals surface area contributed by atoms with Gasteiger partial charge in [-0.2, -0.15) is 0 Å². The molecule has 2 aliphatic rings. The molecule has 0 aliphatic carbocycles. The maximum atomic E-state index is 14.3. The average molecular weight is 465 g/mol. The van der Waals surface area contributed by atoms with Crippen molar-refractivity contribution in [3.05, 3.63) is 82.4 Å². The van der Waals surface area contributed by atoms with Crippen LogP contribution in [0.1, 0.15) is 42.1 Å². The summed E-state index contributed by atoms with van der Waals surface area (Å²) in [6.07, 6.45) is 7.44. The Hall–Kier alpha value is -3.68. The van der Waals surface area contributed by atoms with Crippen LogP contribution in [-0.2, 0) is 10.6 Å². The van der Waals surface area contributed by atoms with Gasteiger partial charge in [0.05, 0.1) is 24.8 Å². The number of methoxy groups -OCH3 is 1. The second-order valence-electron chi connectivity index (χ2n) is 8.83. The summed E-state index contributed by atoms with van der Waals surface area (Å²) in [5.74, 6) is 0.213. The van der Waals surface area contributed by atoms with Crippen LogP contribution < -0.4 is 4.74 Å². The zero-order valence-corrected chi connectivity index (χ0v) is 19.6. The molecule has 1 aromatic heterocycles. The fourth-order valence-electron chi connectivity index (χ4n) is 4.53. The largest absolute Gasteiger partial charge is 0.495 e. The predicted molar refractivity (Wildman–Crippen MR) is 126 cm³/mol. The van der Waals surface area contributed by atoms with Crippen LogP contribution in [0, 0.1) is 25.5 Å². The normalized spacial score (nSPS) is 20.8. The third kappa shape index (κ3) is 3.63. The van der Waals surface area contributed by atoms with Crippen LogP contribution >= 0.6 is 0 Å².